The molecule has 0 saturated carbocycles. The molecule has 0 aliphatic carbocycles. The molecule has 2 heterocycles. The third kappa shape index (κ3) is 1.15. The van der Waals surface area contributed by atoms with E-state index in [9.17, 15) is 0 Å². The number of halogens is 1. The van der Waals surface area contributed by atoms with Crippen molar-refractivity contribution in [1.29, 1.82) is 0 Å². The van der Waals surface area contributed by atoms with Crippen LogP contribution in [0.25, 0.3) is 0 Å². The first kappa shape index (κ1) is 7.57. The molecule has 56 valence electrons. The Morgan fingerprint density at radius 2 is 2.50 bits per heavy atom. The van der Waals surface area contributed by atoms with Crippen molar-refractivity contribution in [3.63, 3.8) is 0 Å². The van der Waals surface area contributed by atoms with Gasteiger partial charge in [0, 0.05) is 25.2 Å². The lowest BCUT2D eigenvalue weighted by molar-refractivity contribution is 0.323. The van der Waals surface area contributed by atoms with Crippen LogP contribution >= 0.6 is 12.4 Å². The molecule has 1 atom stereocenters. The van der Waals surface area contributed by atoms with Crippen LogP contribution in [0.5, 0.6) is 0 Å². The second-order valence-corrected chi connectivity index (χ2v) is 2.27. The van der Waals surface area contributed by atoms with Gasteiger partial charge in [-0.1, -0.05) is 0 Å². The smallest absolute Gasteiger partial charge is 0.0812 e. The van der Waals surface area contributed by atoms with Gasteiger partial charge in [-0.3, -0.25) is 4.99 Å². The third-order valence-electron chi connectivity index (χ3n) is 1.66. The molecule has 0 aromatic heterocycles. The van der Waals surface area contributed by atoms with Gasteiger partial charge in [0.05, 0.1) is 6.04 Å². The minimum atomic E-state index is 0. The average molecular weight is 160 g/mol. The molecule has 3 nitrogen and oxygen atoms in total. The Hall–Kier alpha value is -0.540. The summed E-state index contributed by atoms with van der Waals surface area (Å²) in [5, 5.41) is 2.09. The Kier molecular flexibility index (Phi) is 2.29. The topological polar surface area (TPSA) is 27.6 Å². The monoisotopic (exact) mass is 159 g/mol. The van der Waals surface area contributed by atoms with Crippen LogP contribution in [0.2, 0.25) is 0 Å². The molecule has 2 aliphatic rings. The quantitative estimate of drug-likeness (QED) is 0.559. The SMILES string of the molecule is C1=CN2NCCC2C=N1.Cl. The van der Waals surface area contributed by atoms with Crippen LogP contribution in [0.3, 0.4) is 0 Å². The van der Waals surface area contributed by atoms with Crippen molar-refractivity contribution in [2.45, 2.75) is 12.5 Å². The summed E-state index contributed by atoms with van der Waals surface area (Å²) in [6.07, 6.45) is 6.92. The molecule has 2 rings (SSSR count). The van der Waals surface area contributed by atoms with E-state index in [-0.39, 0.29) is 12.4 Å². The molecule has 1 unspecified atom stereocenters. The molecule has 0 radical (unpaired) electrons. The Bertz CT molecular complexity index is 148. The zero-order chi connectivity index (χ0) is 6.10. The number of rotatable bonds is 0. The van der Waals surface area contributed by atoms with Crippen LogP contribution in [0, 0.1) is 0 Å². The van der Waals surface area contributed by atoms with Gasteiger partial charge >= 0.3 is 0 Å². The highest BCUT2D eigenvalue weighted by molar-refractivity contribution is 5.85. The fraction of sp³-hybridized carbons (Fsp3) is 0.500. The van der Waals surface area contributed by atoms with Crippen molar-refractivity contribution in [1.82, 2.24) is 10.4 Å². The highest BCUT2D eigenvalue weighted by Crippen LogP contribution is 2.09. The number of hydrogen-bond donors (Lipinski definition) is 1. The Morgan fingerprint density at radius 3 is 3.30 bits per heavy atom. The minimum Gasteiger partial charge on any atom is -0.306 e. The van der Waals surface area contributed by atoms with Crippen molar-refractivity contribution >= 4 is 18.6 Å². The summed E-state index contributed by atoms with van der Waals surface area (Å²) < 4.78 is 0. The predicted molar refractivity (Wildman–Crippen MR) is 43.1 cm³/mol. The third-order valence-corrected chi connectivity index (χ3v) is 1.66. The van der Waals surface area contributed by atoms with Crippen molar-refractivity contribution in [2.24, 2.45) is 4.99 Å². The van der Waals surface area contributed by atoms with Crippen LogP contribution in [0.15, 0.2) is 17.4 Å². The zero-order valence-electron chi connectivity index (χ0n) is 5.53. The van der Waals surface area contributed by atoms with Crippen LogP contribution < -0.4 is 5.43 Å². The predicted octanol–water partition coefficient (Wildman–Crippen LogP) is 0.543. The molecule has 0 amide bonds. The second kappa shape index (κ2) is 3.03. The standard InChI is InChI=1S/C6H9N3.ClH/c1-2-8-9-4-3-7-5-6(1)9;/h3-6,8H,1-2H2;1H. The van der Waals surface area contributed by atoms with Crippen molar-refractivity contribution in [2.75, 3.05) is 6.54 Å². The number of fused-ring (bicyclic) bond motifs is 1. The van der Waals surface area contributed by atoms with Gasteiger partial charge in [0.2, 0.25) is 0 Å². The molecule has 4 heteroatoms. The van der Waals surface area contributed by atoms with E-state index >= 15 is 0 Å². The normalized spacial score (nSPS) is 28.0. The molecule has 10 heavy (non-hydrogen) atoms. The first-order valence-electron chi connectivity index (χ1n) is 3.18. The first-order valence-corrected chi connectivity index (χ1v) is 3.18. The highest BCUT2D eigenvalue weighted by Gasteiger charge is 2.20. The maximum Gasteiger partial charge on any atom is 0.0812 e. The van der Waals surface area contributed by atoms with Crippen molar-refractivity contribution < 1.29 is 0 Å². The summed E-state index contributed by atoms with van der Waals surface area (Å²) in [5.74, 6) is 0. The number of aliphatic imine (C=N–C) groups is 1. The second-order valence-electron chi connectivity index (χ2n) is 2.27. The van der Waals surface area contributed by atoms with Gasteiger partial charge in [-0.05, 0) is 6.42 Å². The van der Waals surface area contributed by atoms with Gasteiger partial charge in [-0.2, -0.15) is 0 Å². The van der Waals surface area contributed by atoms with Crippen LogP contribution in [0.4, 0.5) is 0 Å². The number of hydrogen-bond acceptors (Lipinski definition) is 3. The Balaban J connectivity index is 0.000000500. The van der Waals surface area contributed by atoms with Gasteiger partial charge < -0.3 is 5.01 Å². The summed E-state index contributed by atoms with van der Waals surface area (Å²) in [4.78, 5) is 4.03. The zero-order valence-corrected chi connectivity index (χ0v) is 6.34. The van der Waals surface area contributed by atoms with Crippen molar-refractivity contribution in [3.8, 4) is 0 Å². The Morgan fingerprint density at radius 1 is 1.60 bits per heavy atom. The highest BCUT2D eigenvalue weighted by atomic mass is 35.5. The lowest BCUT2D eigenvalue weighted by atomic mass is 10.2. The van der Waals surface area contributed by atoms with E-state index in [2.05, 4.69) is 15.4 Å². The number of nitrogens with zero attached hydrogens (tertiary/aromatic N) is 2. The van der Waals surface area contributed by atoms with E-state index in [1.807, 2.05) is 12.4 Å². The molecular formula is C6H10ClN3. The molecule has 0 aromatic rings. The van der Waals surface area contributed by atoms with Crippen LogP contribution in [-0.2, 0) is 0 Å². The molecule has 1 fully saturated rings. The number of nitrogens with one attached hydrogen (secondary N) is 1. The number of hydrazine groups is 1. The lowest BCUT2D eigenvalue weighted by Gasteiger charge is -2.19. The van der Waals surface area contributed by atoms with E-state index in [0.717, 1.165) is 6.54 Å². The first-order chi connectivity index (χ1) is 4.47. The van der Waals surface area contributed by atoms with Gasteiger partial charge in [-0.15, -0.1) is 12.4 Å². The minimum absolute atomic E-state index is 0. The summed E-state index contributed by atoms with van der Waals surface area (Å²) in [6.45, 7) is 1.07. The van der Waals surface area contributed by atoms with E-state index in [4.69, 9.17) is 0 Å². The van der Waals surface area contributed by atoms with Gasteiger partial charge in [-0.25, -0.2) is 5.43 Å². The molecule has 0 spiro atoms. The molecule has 0 bridgehead atoms. The summed E-state index contributed by atoms with van der Waals surface area (Å²) in [6, 6.07) is 0.509. The maximum atomic E-state index is 4.03. The fourth-order valence-electron chi connectivity index (χ4n) is 1.17. The average Bonchev–Trinajstić information content (AvgIpc) is 2.33. The molecule has 1 saturated heterocycles. The van der Waals surface area contributed by atoms with Gasteiger partial charge in [0.1, 0.15) is 0 Å². The Labute approximate surface area is 66.2 Å². The van der Waals surface area contributed by atoms with Crippen LogP contribution in [-0.4, -0.2) is 23.8 Å². The maximum absolute atomic E-state index is 4.03. The summed E-state index contributed by atoms with van der Waals surface area (Å²) in [5.41, 5.74) is 3.21. The van der Waals surface area contributed by atoms with E-state index in [1.54, 1.807) is 6.20 Å². The molecule has 0 aromatic carbocycles. The molecule has 1 N–H and O–H groups in total. The van der Waals surface area contributed by atoms with Crippen LogP contribution in [0.1, 0.15) is 6.42 Å². The van der Waals surface area contributed by atoms with E-state index in [0.29, 0.717) is 6.04 Å². The van der Waals surface area contributed by atoms with Gasteiger partial charge in [0.25, 0.3) is 0 Å². The van der Waals surface area contributed by atoms with Crippen molar-refractivity contribution in [3.05, 3.63) is 12.4 Å². The largest absolute Gasteiger partial charge is 0.306 e. The fourth-order valence-corrected chi connectivity index (χ4v) is 1.17. The van der Waals surface area contributed by atoms with E-state index < -0.39 is 0 Å². The molecular weight excluding hydrogens is 150 g/mol. The summed E-state index contributed by atoms with van der Waals surface area (Å²) in [7, 11) is 0. The summed E-state index contributed by atoms with van der Waals surface area (Å²) >= 11 is 0. The van der Waals surface area contributed by atoms with Gasteiger partial charge in [0.15, 0.2) is 0 Å². The van der Waals surface area contributed by atoms with E-state index in [1.165, 1.54) is 6.42 Å². The lowest BCUT2D eigenvalue weighted by Crippen LogP contribution is -2.34. The molecule has 2 aliphatic heterocycles.